The van der Waals surface area contributed by atoms with E-state index < -0.39 is 15.4 Å². The van der Waals surface area contributed by atoms with E-state index in [4.69, 9.17) is 0 Å². The van der Waals surface area contributed by atoms with E-state index >= 15 is 0 Å². The van der Waals surface area contributed by atoms with Crippen LogP contribution < -0.4 is 4.72 Å². The van der Waals surface area contributed by atoms with Crippen LogP contribution in [0.5, 0.6) is 0 Å². The maximum Gasteiger partial charge on any atom is 0.233 e. The highest BCUT2D eigenvalue weighted by molar-refractivity contribution is 7.88. The number of hydrogen-bond donors (Lipinski definition) is 1. The Kier molecular flexibility index (Phi) is 7.18. The molecule has 8 heteroatoms. The molecule has 2 aliphatic heterocycles. The van der Waals surface area contributed by atoms with Crippen LogP contribution in [0.15, 0.2) is 18.2 Å². The molecule has 3 aliphatic rings. The van der Waals surface area contributed by atoms with Crippen molar-refractivity contribution in [2.45, 2.75) is 70.4 Å². The molecule has 4 rings (SSSR count). The average Bonchev–Trinajstić information content (AvgIpc) is 2.77. The summed E-state index contributed by atoms with van der Waals surface area (Å²) in [6, 6.07) is 5.41. The highest BCUT2D eigenvalue weighted by Gasteiger charge is 2.49. The first-order valence-corrected chi connectivity index (χ1v) is 14.3. The second kappa shape index (κ2) is 9.62. The van der Waals surface area contributed by atoms with Gasteiger partial charge in [-0.15, -0.1) is 0 Å². The second-order valence-electron chi connectivity index (χ2n) is 10.6. The van der Waals surface area contributed by atoms with Crippen LogP contribution in [-0.2, 0) is 26.8 Å². The largest absolute Gasteiger partial charge is 0.336 e. The molecule has 1 amide bonds. The van der Waals surface area contributed by atoms with Crippen molar-refractivity contribution >= 4 is 15.9 Å². The Hall–Kier alpha value is -1.51. The van der Waals surface area contributed by atoms with E-state index in [9.17, 15) is 17.6 Å². The van der Waals surface area contributed by atoms with E-state index in [0.717, 1.165) is 55.1 Å². The Bertz CT molecular complexity index is 965. The number of amides is 1. The molecule has 2 heterocycles. The lowest BCUT2D eigenvalue weighted by atomic mass is 9.67. The number of hydrogen-bond acceptors (Lipinski definition) is 4. The lowest BCUT2D eigenvalue weighted by Gasteiger charge is -2.49. The third-order valence-corrected chi connectivity index (χ3v) is 8.97. The summed E-state index contributed by atoms with van der Waals surface area (Å²) in [6.07, 6.45) is 7.60. The predicted octanol–water partition coefficient (Wildman–Crippen LogP) is 3.27. The molecule has 1 aromatic carbocycles. The molecule has 2 fully saturated rings. The molecule has 0 aromatic heterocycles. The molecule has 1 saturated heterocycles. The number of piperidine rings is 1. The fraction of sp³-hybridized carbons (Fsp3) is 0.720. The van der Waals surface area contributed by atoms with Crippen LogP contribution >= 0.6 is 0 Å². The van der Waals surface area contributed by atoms with E-state index in [-0.39, 0.29) is 24.8 Å². The molecule has 1 spiro atoms. The van der Waals surface area contributed by atoms with Gasteiger partial charge in [0.15, 0.2) is 0 Å². The Labute approximate surface area is 198 Å². The molecular formula is C25H38FN3O3S. The lowest BCUT2D eigenvalue weighted by Crippen LogP contribution is -2.58. The van der Waals surface area contributed by atoms with Gasteiger partial charge < -0.3 is 9.80 Å². The highest BCUT2D eigenvalue weighted by Crippen LogP contribution is 2.44. The standard InChI is InChI=1S/C25H38FN3O3S/c1-18(2)19-4-7-22(8-5-19)28-13-10-25(11-14-28)23-9-6-21(26)16-20(23)17-29(24(25)30)15-12-27-33(3,31)32/h6,9,16,18-19,22,27H,4-5,7-8,10-15,17H2,1-3H3. The van der Waals surface area contributed by atoms with Crippen LogP contribution in [0.25, 0.3) is 0 Å². The SMILES string of the molecule is CC(C)C1CCC(N2CCC3(CC2)C(=O)N(CCNS(C)(=O)=O)Cc2cc(F)ccc23)CC1. The summed E-state index contributed by atoms with van der Waals surface area (Å²) < 4.78 is 39.5. The Morgan fingerprint density at radius 1 is 1.15 bits per heavy atom. The summed E-state index contributed by atoms with van der Waals surface area (Å²) in [5.74, 6) is 1.33. The number of nitrogens with zero attached hydrogens (tertiary/aromatic N) is 2. The van der Waals surface area contributed by atoms with Crippen molar-refractivity contribution in [2.75, 3.05) is 32.4 Å². The van der Waals surface area contributed by atoms with Gasteiger partial charge in [0, 0.05) is 25.7 Å². The monoisotopic (exact) mass is 479 g/mol. The quantitative estimate of drug-likeness (QED) is 0.680. The first kappa shape index (κ1) is 24.6. The van der Waals surface area contributed by atoms with Crippen LogP contribution in [0.3, 0.4) is 0 Å². The van der Waals surface area contributed by atoms with Crippen molar-refractivity contribution < 1.29 is 17.6 Å². The highest BCUT2D eigenvalue weighted by atomic mass is 32.2. The number of rotatable bonds is 6. The zero-order valence-electron chi connectivity index (χ0n) is 20.1. The van der Waals surface area contributed by atoms with E-state index in [1.54, 1.807) is 17.0 Å². The van der Waals surface area contributed by atoms with E-state index in [0.29, 0.717) is 12.6 Å². The Balaban J connectivity index is 1.49. The van der Waals surface area contributed by atoms with Crippen LogP contribution in [0.2, 0.25) is 0 Å². The van der Waals surface area contributed by atoms with Crippen molar-refractivity contribution in [3.8, 4) is 0 Å². The molecule has 1 aliphatic carbocycles. The fourth-order valence-corrected chi connectivity index (χ4v) is 6.75. The van der Waals surface area contributed by atoms with Crippen molar-refractivity contribution in [1.82, 2.24) is 14.5 Å². The molecular weight excluding hydrogens is 441 g/mol. The first-order chi connectivity index (χ1) is 15.6. The molecule has 1 N–H and O–H groups in total. The molecule has 184 valence electrons. The minimum absolute atomic E-state index is 0.0556. The van der Waals surface area contributed by atoms with Crippen LogP contribution in [-0.4, -0.2) is 62.6 Å². The molecule has 1 saturated carbocycles. The summed E-state index contributed by atoms with van der Waals surface area (Å²) in [6.45, 7) is 7.15. The molecule has 0 atom stereocenters. The number of benzene rings is 1. The number of carbonyl (C=O) groups excluding carboxylic acids is 1. The smallest absolute Gasteiger partial charge is 0.233 e. The minimum Gasteiger partial charge on any atom is -0.336 e. The predicted molar refractivity (Wildman–Crippen MR) is 128 cm³/mol. The number of fused-ring (bicyclic) bond motifs is 2. The van der Waals surface area contributed by atoms with Gasteiger partial charge in [0.1, 0.15) is 5.82 Å². The second-order valence-corrected chi connectivity index (χ2v) is 12.5. The maximum absolute atomic E-state index is 14.1. The molecule has 1 aromatic rings. The molecule has 0 bridgehead atoms. The average molecular weight is 480 g/mol. The van der Waals surface area contributed by atoms with Crippen LogP contribution in [0.4, 0.5) is 4.39 Å². The number of halogens is 1. The molecule has 0 unspecified atom stereocenters. The van der Waals surface area contributed by atoms with Crippen LogP contribution in [0, 0.1) is 17.7 Å². The topological polar surface area (TPSA) is 69.7 Å². The molecule has 6 nitrogen and oxygen atoms in total. The maximum atomic E-state index is 14.1. The van der Waals surface area contributed by atoms with Crippen molar-refractivity contribution in [1.29, 1.82) is 0 Å². The normalized spacial score (nSPS) is 26.1. The van der Waals surface area contributed by atoms with Gasteiger partial charge in [-0.1, -0.05) is 19.9 Å². The lowest BCUT2D eigenvalue weighted by molar-refractivity contribution is -0.142. The van der Waals surface area contributed by atoms with Crippen LogP contribution in [0.1, 0.15) is 63.5 Å². The minimum atomic E-state index is -3.33. The zero-order valence-corrected chi connectivity index (χ0v) is 21.0. The van der Waals surface area contributed by atoms with Crippen molar-refractivity contribution in [2.24, 2.45) is 11.8 Å². The number of likely N-dealkylation sites (tertiary alicyclic amines) is 1. The summed E-state index contributed by atoms with van der Waals surface area (Å²) >= 11 is 0. The van der Waals surface area contributed by atoms with Crippen molar-refractivity contribution in [3.63, 3.8) is 0 Å². The molecule has 0 radical (unpaired) electrons. The summed E-state index contributed by atoms with van der Waals surface area (Å²) in [7, 11) is -3.33. The number of carbonyl (C=O) groups is 1. The van der Waals surface area contributed by atoms with Gasteiger partial charge in [-0.25, -0.2) is 17.5 Å². The summed E-state index contributed by atoms with van der Waals surface area (Å²) in [4.78, 5) is 18.0. The van der Waals surface area contributed by atoms with Gasteiger partial charge in [-0.2, -0.15) is 0 Å². The number of nitrogens with one attached hydrogen (secondary N) is 1. The summed E-state index contributed by atoms with van der Waals surface area (Å²) in [5.41, 5.74) is 1.17. The third kappa shape index (κ3) is 5.28. The van der Waals surface area contributed by atoms with Gasteiger partial charge in [-0.3, -0.25) is 4.79 Å². The van der Waals surface area contributed by atoms with Gasteiger partial charge in [0.05, 0.1) is 11.7 Å². The Morgan fingerprint density at radius 3 is 2.42 bits per heavy atom. The van der Waals surface area contributed by atoms with Crippen molar-refractivity contribution in [3.05, 3.63) is 35.1 Å². The fourth-order valence-electron chi connectivity index (χ4n) is 6.29. The zero-order chi connectivity index (χ0) is 23.8. The van der Waals surface area contributed by atoms with Gasteiger partial charge >= 0.3 is 0 Å². The van der Waals surface area contributed by atoms with Gasteiger partial charge in [-0.05, 0) is 86.7 Å². The number of sulfonamides is 1. The van der Waals surface area contributed by atoms with E-state index in [1.807, 2.05) is 0 Å². The van der Waals surface area contributed by atoms with Gasteiger partial charge in [0.2, 0.25) is 15.9 Å². The third-order valence-electron chi connectivity index (χ3n) is 8.24. The van der Waals surface area contributed by atoms with Gasteiger partial charge in [0.25, 0.3) is 0 Å². The first-order valence-electron chi connectivity index (χ1n) is 12.4. The van der Waals surface area contributed by atoms with E-state index in [1.165, 1.54) is 31.7 Å². The Morgan fingerprint density at radius 2 is 1.82 bits per heavy atom. The summed E-state index contributed by atoms with van der Waals surface area (Å²) in [5, 5.41) is 0. The molecule has 33 heavy (non-hydrogen) atoms. The van der Waals surface area contributed by atoms with E-state index in [2.05, 4.69) is 23.5 Å².